The maximum atomic E-state index is 13.2. The Kier molecular flexibility index (Phi) is 12.4. The van der Waals surface area contributed by atoms with Crippen molar-refractivity contribution in [1.29, 1.82) is 0 Å². The van der Waals surface area contributed by atoms with E-state index in [0.717, 1.165) is 27.7 Å². The van der Waals surface area contributed by atoms with Gasteiger partial charge in [-0.15, -0.1) is 0 Å². The second-order valence-corrected chi connectivity index (χ2v) is 13.6. The van der Waals surface area contributed by atoms with Crippen LogP contribution in [0.3, 0.4) is 0 Å². The molecule has 4 heterocycles. The monoisotopic (exact) mass is 700 g/mol. The lowest BCUT2D eigenvalue weighted by Crippen LogP contribution is -2.30. The van der Waals surface area contributed by atoms with Crippen LogP contribution in [-0.2, 0) is 41.9 Å². The zero-order valence-electron chi connectivity index (χ0n) is 30.0. The number of carboxylic acid groups (broad SMARTS) is 1. The first-order chi connectivity index (χ1) is 25.0. The number of fused-ring (bicyclic) bond motifs is 1. The van der Waals surface area contributed by atoms with Crippen molar-refractivity contribution >= 4 is 22.7 Å². The fraction of sp³-hybridized carbons (Fsp3) is 0.293. The molecule has 2 N–H and O–H groups in total. The molecule has 0 spiro atoms. The van der Waals surface area contributed by atoms with E-state index in [9.17, 15) is 19.2 Å². The lowest BCUT2D eigenvalue weighted by Gasteiger charge is -2.14. The number of hydrogen-bond acceptors (Lipinski definition) is 7. The lowest BCUT2D eigenvalue weighted by atomic mass is 10.1. The number of hydrogen-bond donors (Lipinski definition) is 2. The third kappa shape index (κ3) is 9.63. The Bertz CT molecular complexity index is 2220. The first-order valence-corrected chi connectivity index (χ1v) is 17.4. The Labute approximate surface area is 302 Å². The van der Waals surface area contributed by atoms with E-state index in [-0.39, 0.29) is 35.9 Å². The highest BCUT2D eigenvalue weighted by molar-refractivity contribution is 5.81. The van der Waals surface area contributed by atoms with Crippen molar-refractivity contribution in [2.24, 2.45) is 11.8 Å². The van der Waals surface area contributed by atoms with Gasteiger partial charge in [0.25, 0.3) is 11.1 Å². The van der Waals surface area contributed by atoms with Crippen molar-refractivity contribution in [3.8, 4) is 22.5 Å². The summed E-state index contributed by atoms with van der Waals surface area (Å²) in [6, 6.07) is 22.8. The van der Waals surface area contributed by atoms with E-state index >= 15 is 0 Å². The van der Waals surface area contributed by atoms with Crippen molar-refractivity contribution in [2.75, 3.05) is 0 Å². The molecule has 2 aromatic carbocycles. The average Bonchev–Trinajstić information content (AvgIpc) is 3.55. The number of nitrogens with one attached hydrogen (secondary N) is 1. The molecule has 6 aromatic rings. The molecule has 52 heavy (non-hydrogen) atoms. The van der Waals surface area contributed by atoms with Gasteiger partial charge in [-0.2, -0.15) is 0 Å². The molecule has 0 aliphatic heterocycles. The van der Waals surface area contributed by atoms with Gasteiger partial charge in [0.15, 0.2) is 5.78 Å². The summed E-state index contributed by atoms with van der Waals surface area (Å²) in [4.78, 5) is 65.7. The number of aliphatic carboxylic acids is 1. The van der Waals surface area contributed by atoms with Gasteiger partial charge >= 0.3 is 5.97 Å². The molecule has 0 fully saturated rings. The Hall–Kier alpha value is -5.97. The summed E-state index contributed by atoms with van der Waals surface area (Å²) in [5, 5.41) is 10.1. The average molecular weight is 701 g/mol. The van der Waals surface area contributed by atoms with Crippen LogP contribution in [0.1, 0.15) is 51.2 Å². The summed E-state index contributed by atoms with van der Waals surface area (Å²) < 4.78 is 2.86. The summed E-state index contributed by atoms with van der Waals surface area (Å²) in [5.74, 6) is -0.441. The number of H-pyrrole nitrogens is 1. The van der Waals surface area contributed by atoms with Gasteiger partial charge in [-0.1, -0.05) is 88.4 Å². The number of benzene rings is 2. The highest BCUT2D eigenvalue weighted by Crippen LogP contribution is 2.20. The van der Waals surface area contributed by atoms with Crippen molar-refractivity contribution in [3.63, 3.8) is 0 Å². The van der Waals surface area contributed by atoms with E-state index in [1.165, 1.54) is 4.57 Å². The molecule has 0 bridgehead atoms. The van der Waals surface area contributed by atoms with Crippen LogP contribution in [0.15, 0.2) is 107 Å². The Morgan fingerprint density at radius 3 is 1.73 bits per heavy atom. The molecule has 0 aliphatic carbocycles. The SMILES string of the molecule is CC(C)Cc1ncc(-c2ccccc2)n(CC(=O)CCc2cc3cnccc3[nH]2)c1=O.CC(C)Cc1ncc(-c2ccccc2)n(CC(=O)O)c1=O. The summed E-state index contributed by atoms with van der Waals surface area (Å²) >= 11 is 0. The molecular formula is C41H44N6O5. The van der Waals surface area contributed by atoms with E-state index in [2.05, 4.69) is 33.8 Å². The number of nitrogens with zero attached hydrogens (tertiary/aromatic N) is 5. The van der Waals surface area contributed by atoms with E-state index in [0.29, 0.717) is 54.4 Å². The van der Waals surface area contributed by atoms with Crippen LogP contribution in [0.4, 0.5) is 0 Å². The number of aromatic nitrogens is 6. The molecule has 4 aromatic heterocycles. The number of carbonyl (C=O) groups excluding carboxylic acids is 1. The standard InChI is InChI=1S/C25H26N4O2.C16H18N2O3/c1-17(2)12-23-25(31)29(24(15-27-23)18-6-4-3-5-7-18)16-21(30)9-8-20-13-19-14-26-11-10-22(19)28-20;1-11(2)8-13-16(21)18(10-15(19)20)14(9-17-13)12-6-4-3-5-7-12/h3-7,10-11,13-15,17,28H,8-9,12,16H2,1-2H3;3-7,9,11H,8,10H2,1-2H3,(H,19,20). The number of Topliss-reactive ketones (excluding diaryl/α,β-unsaturated/α-hetero) is 1. The Morgan fingerprint density at radius 1 is 0.731 bits per heavy atom. The quantitative estimate of drug-likeness (QED) is 0.141. The van der Waals surface area contributed by atoms with E-state index in [1.54, 1.807) is 29.4 Å². The molecule has 0 atom stereocenters. The van der Waals surface area contributed by atoms with Crippen molar-refractivity contribution in [3.05, 3.63) is 135 Å². The van der Waals surface area contributed by atoms with Crippen LogP contribution in [0.2, 0.25) is 0 Å². The third-order valence-electron chi connectivity index (χ3n) is 8.37. The molecule has 11 nitrogen and oxygen atoms in total. The number of aromatic amines is 1. The highest BCUT2D eigenvalue weighted by Gasteiger charge is 2.17. The zero-order chi connectivity index (χ0) is 37.2. The number of aryl methyl sites for hydroxylation is 1. The van der Waals surface area contributed by atoms with Gasteiger partial charge in [-0.3, -0.25) is 43.3 Å². The van der Waals surface area contributed by atoms with Crippen LogP contribution >= 0.6 is 0 Å². The molecule has 0 unspecified atom stereocenters. The van der Waals surface area contributed by atoms with Crippen LogP contribution in [0.25, 0.3) is 33.4 Å². The Morgan fingerprint density at radius 2 is 1.25 bits per heavy atom. The second kappa shape index (κ2) is 17.3. The number of carboxylic acids is 1. The normalized spacial score (nSPS) is 11.1. The number of pyridine rings is 1. The molecule has 0 radical (unpaired) electrons. The number of ketones is 1. The topological polar surface area (TPSA) is 153 Å². The van der Waals surface area contributed by atoms with Crippen LogP contribution in [-0.4, -0.2) is 45.9 Å². The molecule has 0 amide bonds. The minimum Gasteiger partial charge on any atom is -0.480 e. The first-order valence-electron chi connectivity index (χ1n) is 17.4. The van der Waals surface area contributed by atoms with E-state index in [1.807, 2.05) is 86.6 Å². The highest BCUT2D eigenvalue weighted by atomic mass is 16.4. The van der Waals surface area contributed by atoms with Gasteiger partial charge in [0.2, 0.25) is 0 Å². The minimum atomic E-state index is -1.05. The van der Waals surface area contributed by atoms with Gasteiger partial charge in [0.05, 0.1) is 30.3 Å². The molecule has 11 heteroatoms. The summed E-state index contributed by atoms with van der Waals surface area (Å²) in [5.41, 5.74) is 5.25. The largest absolute Gasteiger partial charge is 0.480 e. The van der Waals surface area contributed by atoms with Gasteiger partial charge in [0, 0.05) is 35.4 Å². The van der Waals surface area contributed by atoms with Gasteiger partial charge in [0.1, 0.15) is 17.9 Å². The van der Waals surface area contributed by atoms with Gasteiger partial charge in [-0.25, -0.2) is 0 Å². The fourth-order valence-electron chi connectivity index (χ4n) is 5.94. The van der Waals surface area contributed by atoms with Gasteiger partial charge < -0.3 is 10.1 Å². The molecule has 0 saturated heterocycles. The molecular weight excluding hydrogens is 656 g/mol. The van der Waals surface area contributed by atoms with Gasteiger partial charge in [-0.05, 0) is 54.4 Å². The smallest absolute Gasteiger partial charge is 0.323 e. The molecule has 6 rings (SSSR count). The zero-order valence-corrected chi connectivity index (χ0v) is 30.0. The maximum absolute atomic E-state index is 13.2. The van der Waals surface area contributed by atoms with Crippen molar-refractivity contribution in [2.45, 2.75) is 66.5 Å². The number of rotatable bonds is 13. The van der Waals surface area contributed by atoms with E-state index in [4.69, 9.17) is 5.11 Å². The lowest BCUT2D eigenvalue weighted by molar-refractivity contribution is -0.137. The molecule has 268 valence electrons. The summed E-state index contributed by atoms with van der Waals surface area (Å²) in [6.45, 7) is 7.77. The predicted octanol–water partition coefficient (Wildman–Crippen LogP) is 6.38. The van der Waals surface area contributed by atoms with E-state index < -0.39 is 5.97 Å². The summed E-state index contributed by atoms with van der Waals surface area (Å²) in [7, 11) is 0. The molecule has 0 saturated carbocycles. The second-order valence-electron chi connectivity index (χ2n) is 13.6. The van der Waals surface area contributed by atoms with Crippen LogP contribution in [0, 0.1) is 11.8 Å². The first kappa shape index (κ1) is 37.3. The van der Waals surface area contributed by atoms with Crippen molar-refractivity contribution in [1.82, 2.24) is 29.1 Å². The van der Waals surface area contributed by atoms with Crippen LogP contribution < -0.4 is 11.1 Å². The number of carbonyl (C=O) groups is 2. The predicted molar refractivity (Wildman–Crippen MR) is 202 cm³/mol. The fourth-order valence-corrected chi connectivity index (χ4v) is 5.94. The third-order valence-corrected chi connectivity index (χ3v) is 8.37. The van der Waals surface area contributed by atoms with Crippen LogP contribution in [0.5, 0.6) is 0 Å². The minimum absolute atomic E-state index is 0.0118. The molecule has 0 aliphatic rings. The maximum Gasteiger partial charge on any atom is 0.323 e. The Balaban J connectivity index is 0.000000217. The summed E-state index contributed by atoms with van der Waals surface area (Å²) in [6.07, 6.45) is 8.90. The van der Waals surface area contributed by atoms with Crippen molar-refractivity contribution < 1.29 is 14.7 Å².